The number of carbonyl (C=O) groups is 2. The van der Waals surface area contributed by atoms with Gasteiger partial charge in [-0.25, -0.2) is 0 Å². The topological polar surface area (TPSA) is 63.6 Å². The maximum Gasteiger partial charge on any atom is 0.315 e. The normalized spacial score (nSPS) is 49.3. The first-order valence-electron chi connectivity index (χ1n) is 6.94. The van der Waals surface area contributed by atoms with Crippen molar-refractivity contribution in [2.75, 3.05) is 0 Å². The summed E-state index contributed by atoms with van der Waals surface area (Å²) in [7, 11) is 0. The molecule has 4 atom stereocenters. The number of cyclic esters (lactones) is 1. The van der Waals surface area contributed by atoms with Gasteiger partial charge in [0, 0.05) is 5.57 Å². The molecule has 19 heavy (non-hydrogen) atoms. The number of aliphatic hydroxyl groups excluding tert-OH is 1. The summed E-state index contributed by atoms with van der Waals surface area (Å²) < 4.78 is 5.02. The van der Waals surface area contributed by atoms with E-state index in [1.807, 2.05) is 0 Å². The third kappa shape index (κ3) is 1.07. The molecule has 4 rings (SSSR count). The fraction of sp³-hybridized carbons (Fsp3) is 0.733. The summed E-state index contributed by atoms with van der Waals surface area (Å²) in [6, 6.07) is 0. The van der Waals surface area contributed by atoms with Gasteiger partial charge in [0.05, 0.1) is 10.8 Å². The highest BCUT2D eigenvalue weighted by Crippen LogP contribution is 2.80. The minimum atomic E-state index is -1.13. The van der Waals surface area contributed by atoms with E-state index in [0.29, 0.717) is 17.9 Å². The van der Waals surface area contributed by atoms with Crippen molar-refractivity contribution in [3.8, 4) is 0 Å². The van der Waals surface area contributed by atoms with Crippen molar-refractivity contribution in [1.29, 1.82) is 0 Å². The molecule has 1 heterocycles. The molecule has 1 aliphatic heterocycles. The van der Waals surface area contributed by atoms with E-state index < -0.39 is 17.1 Å². The van der Waals surface area contributed by atoms with Crippen LogP contribution in [0.4, 0.5) is 0 Å². The van der Waals surface area contributed by atoms with Gasteiger partial charge >= 0.3 is 5.97 Å². The number of allylic oxidation sites excluding steroid dienone is 1. The van der Waals surface area contributed by atoms with E-state index in [2.05, 4.69) is 13.8 Å². The molecular formula is C15H18O4. The van der Waals surface area contributed by atoms with Crippen molar-refractivity contribution in [3.63, 3.8) is 0 Å². The standard InChI is InChI=1S/C15H18O4/c1-13(2)3-8-4-14-7-15(14,12(18)19-11(14)17)10(6-16)9(8)5-13/h6,8,12,18H,3-5,7H2,1-2H3. The van der Waals surface area contributed by atoms with Crippen molar-refractivity contribution in [3.05, 3.63) is 11.1 Å². The Hall–Kier alpha value is -1.16. The summed E-state index contributed by atoms with van der Waals surface area (Å²) >= 11 is 0. The molecular weight excluding hydrogens is 244 g/mol. The Morgan fingerprint density at radius 3 is 2.79 bits per heavy atom. The van der Waals surface area contributed by atoms with Crippen LogP contribution in [0.1, 0.15) is 39.5 Å². The van der Waals surface area contributed by atoms with Gasteiger partial charge in [-0.1, -0.05) is 19.4 Å². The minimum absolute atomic E-state index is 0.182. The third-order valence-electron chi connectivity index (χ3n) is 5.84. The molecule has 4 aliphatic rings. The molecule has 4 unspecified atom stereocenters. The number of hydrogen-bond acceptors (Lipinski definition) is 4. The molecule has 4 heteroatoms. The lowest BCUT2D eigenvalue weighted by Gasteiger charge is -2.28. The molecule has 0 aromatic rings. The number of fused-ring (bicyclic) bond motifs is 1. The van der Waals surface area contributed by atoms with Crippen LogP contribution in [0.2, 0.25) is 0 Å². The lowest BCUT2D eigenvalue weighted by Crippen LogP contribution is -2.31. The summed E-state index contributed by atoms with van der Waals surface area (Å²) in [5.74, 6) is 0.00628. The van der Waals surface area contributed by atoms with Crippen LogP contribution < -0.4 is 0 Å². The predicted octanol–water partition coefficient (Wildman–Crippen LogP) is 1.57. The fourth-order valence-corrected chi connectivity index (χ4v) is 5.07. The molecule has 0 bridgehead atoms. The molecule has 1 saturated heterocycles. The van der Waals surface area contributed by atoms with Crippen molar-refractivity contribution < 1.29 is 19.4 Å². The lowest BCUT2D eigenvalue weighted by atomic mass is 9.72. The van der Waals surface area contributed by atoms with Crippen LogP contribution in [0, 0.1) is 22.2 Å². The summed E-state index contributed by atoms with van der Waals surface area (Å²) in [4.78, 5) is 23.7. The van der Waals surface area contributed by atoms with Gasteiger partial charge in [0.1, 0.15) is 6.29 Å². The Bertz CT molecular complexity index is 546. The predicted molar refractivity (Wildman–Crippen MR) is 65.8 cm³/mol. The quantitative estimate of drug-likeness (QED) is 0.575. The Kier molecular flexibility index (Phi) is 1.81. The first-order chi connectivity index (χ1) is 8.86. The molecule has 2 saturated carbocycles. The zero-order chi connectivity index (χ0) is 13.6. The molecule has 0 aromatic heterocycles. The summed E-state index contributed by atoms with van der Waals surface area (Å²) in [5, 5.41) is 10.1. The highest BCUT2D eigenvalue weighted by atomic mass is 16.6. The summed E-state index contributed by atoms with van der Waals surface area (Å²) in [6.07, 6.45) is 2.99. The molecule has 102 valence electrons. The van der Waals surface area contributed by atoms with Crippen LogP contribution in [0.15, 0.2) is 11.1 Å². The molecule has 3 fully saturated rings. The fourth-order valence-electron chi connectivity index (χ4n) is 5.07. The maximum atomic E-state index is 12.1. The molecule has 0 amide bonds. The van der Waals surface area contributed by atoms with E-state index in [-0.39, 0.29) is 11.4 Å². The minimum Gasteiger partial charge on any atom is -0.434 e. The number of hydrogen-bond donors (Lipinski definition) is 1. The van der Waals surface area contributed by atoms with Gasteiger partial charge in [-0.2, -0.15) is 0 Å². The van der Waals surface area contributed by atoms with E-state index in [1.54, 1.807) is 0 Å². The molecule has 0 radical (unpaired) electrons. The number of aliphatic hydroxyl groups is 1. The SMILES string of the molecule is CC1(C)CC2=C(C=O)C34CC3(CC2C1)C(=O)OC4O. The third-order valence-corrected chi connectivity index (χ3v) is 5.84. The van der Waals surface area contributed by atoms with Gasteiger partial charge in [0.15, 0.2) is 0 Å². The van der Waals surface area contributed by atoms with Crippen LogP contribution >= 0.6 is 0 Å². The second-order valence-corrected chi connectivity index (χ2v) is 7.49. The first-order valence-corrected chi connectivity index (χ1v) is 6.94. The second-order valence-electron chi connectivity index (χ2n) is 7.49. The maximum absolute atomic E-state index is 12.1. The van der Waals surface area contributed by atoms with Crippen LogP contribution in [0.3, 0.4) is 0 Å². The van der Waals surface area contributed by atoms with Crippen LogP contribution in [0.5, 0.6) is 0 Å². The number of carbonyl (C=O) groups excluding carboxylic acids is 2. The highest BCUT2D eigenvalue weighted by molar-refractivity contribution is 5.93. The average Bonchev–Trinajstić information content (AvgIpc) is 2.83. The number of ether oxygens (including phenoxy) is 1. The van der Waals surface area contributed by atoms with Gasteiger partial charge in [-0.15, -0.1) is 0 Å². The van der Waals surface area contributed by atoms with E-state index >= 15 is 0 Å². The summed E-state index contributed by atoms with van der Waals surface area (Å²) in [5.41, 5.74) is 0.717. The monoisotopic (exact) mass is 262 g/mol. The van der Waals surface area contributed by atoms with Gasteiger partial charge in [0.25, 0.3) is 0 Å². The van der Waals surface area contributed by atoms with Crippen LogP contribution in [-0.4, -0.2) is 23.7 Å². The van der Waals surface area contributed by atoms with Gasteiger partial charge < -0.3 is 9.84 Å². The summed E-state index contributed by atoms with van der Waals surface area (Å²) in [6.45, 7) is 4.40. The Labute approximate surface area is 111 Å². The lowest BCUT2D eigenvalue weighted by molar-refractivity contribution is -0.164. The van der Waals surface area contributed by atoms with E-state index in [0.717, 1.165) is 25.5 Å². The zero-order valence-corrected chi connectivity index (χ0v) is 11.2. The first kappa shape index (κ1) is 11.6. The molecule has 1 N–H and O–H groups in total. The highest BCUT2D eigenvalue weighted by Gasteiger charge is 2.84. The van der Waals surface area contributed by atoms with Gasteiger partial charge in [0.2, 0.25) is 6.29 Å². The number of rotatable bonds is 1. The average molecular weight is 262 g/mol. The number of aldehydes is 1. The van der Waals surface area contributed by atoms with Crippen LogP contribution in [0.25, 0.3) is 0 Å². The second kappa shape index (κ2) is 2.95. The Morgan fingerprint density at radius 2 is 2.11 bits per heavy atom. The van der Waals surface area contributed by atoms with Crippen molar-refractivity contribution in [2.24, 2.45) is 22.2 Å². The molecule has 3 aliphatic carbocycles. The smallest absolute Gasteiger partial charge is 0.315 e. The Balaban J connectivity index is 1.90. The van der Waals surface area contributed by atoms with Gasteiger partial charge in [-0.05, 0) is 37.0 Å². The van der Waals surface area contributed by atoms with Crippen LogP contribution in [-0.2, 0) is 14.3 Å². The zero-order valence-electron chi connectivity index (χ0n) is 11.2. The largest absolute Gasteiger partial charge is 0.434 e. The van der Waals surface area contributed by atoms with Crippen molar-refractivity contribution >= 4 is 12.3 Å². The molecule has 0 aromatic carbocycles. The van der Waals surface area contributed by atoms with E-state index in [4.69, 9.17) is 4.74 Å². The van der Waals surface area contributed by atoms with E-state index in [9.17, 15) is 14.7 Å². The van der Waals surface area contributed by atoms with E-state index in [1.165, 1.54) is 5.57 Å². The molecule has 4 nitrogen and oxygen atoms in total. The number of esters is 1. The van der Waals surface area contributed by atoms with Crippen molar-refractivity contribution in [1.82, 2.24) is 0 Å². The van der Waals surface area contributed by atoms with Gasteiger partial charge in [-0.3, -0.25) is 9.59 Å². The van der Waals surface area contributed by atoms with Crippen molar-refractivity contribution in [2.45, 2.75) is 45.8 Å². The molecule has 0 spiro atoms. The Morgan fingerprint density at radius 1 is 1.37 bits per heavy atom.